The van der Waals surface area contributed by atoms with E-state index in [0.717, 1.165) is 65.1 Å². The van der Waals surface area contributed by atoms with E-state index in [4.69, 9.17) is 0 Å². The van der Waals surface area contributed by atoms with Gasteiger partial charge >= 0.3 is 0 Å². The molecular formula is C25H46. The van der Waals surface area contributed by atoms with Gasteiger partial charge in [0.15, 0.2) is 0 Å². The summed E-state index contributed by atoms with van der Waals surface area (Å²) in [5, 5.41) is 0. The molecule has 3 fully saturated rings. The third kappa shape index (κ3) is 4.30. The van der Waals surface area contributed by atoms with Gasteiger partial charge in [-0.25, -0.2) is 0 Å². The summed E-state index contributed by atoms with van der Waals surface area (Å²) in [6.45, 7) is 17.9. The summed E-state index contributed by atoms with van der Waals surface area (Å²) in [7, 11) is 0. The second-order valence-electron chi connectivity index (χ2n) is 11.5. The van der Waals surface area contributed by atoms with Gasteiger partial charge in [-0.1, -0.05) is 48.5 Å². The Morgan fingerprint density at radius 2 is 0.640 bits per heavy atom. The summed E-state index contributed by atoms with van der Waals surface area (Å²) in [5.41, 5.74) is 0. The quantitative estimate of drug-likeness (QED) is 0.481. The molecule has 0 radical (unpaired) electrons. The van der Waals surface area contributed by atoms with Crippen LogP contribution < -0.4 is 0 Å². The van der Waals surface area contributed by atoms with Gasteiger partial charge in [0, 0.05) is 0 Å². The van der Waals surface area contributed by atoms with E-state index in [9.17, 15) is 0 Å². The van der Waals surface area contributed by atoms with Crippen LogP contribution >= 0.6 is 0 Å². The van der Waals surface area contributed by atoms with Crippen molar-refractivity contribution in [1.29, 1.82) is 0 Å². The van der Waals surface area contributed by atoms with Crippen LogP contribution in [0, 0.1) is 65.1 Å². The third-order valence-corrected chi connectivity index (χ3v) is 8.83. The summed E-state index contributed by atoms with van der Waals surface area (Å²) in [6.07, 6.45) is 10.5. The molecule has 0 amide bonds. The highest BCUT2D eigenvalue weighted by molar-refractivity contribution is 4.94. The SMILES string of the molecule is CC1CC(C)C(C2CC(C)CC(C3C(C)CC(C)CC3C)C2)C(C)C1. The molecule has 3 aliphatic carbocycles. The number of hydrogen-bond donors (Lipinski definition) is 0. The van der Waals surface area contributed by atoms with Gasteiger partial charge in [0.25, 0.3) is 0 Å². The fraction of sp³-hybridized carbons (Fsp3) is 1.00. The molecule has 6 unspecified atom stereocenters. The van der Waals surface area contributed by atoms with Crippen LogP contribution in [-0.4, -0.2) is 0 Å². The zero-order chi connectivity index (χ0) is 18.3. The van der Waals surface area contributed by atoms with Crippen molar-refractivity contribution in [2.45, 2.75) is 93.4 Å². The zero-order valence-corrected chi connectivity index (χ0v) is 18.3. The van der Waals surface area contributed by atoms with Gasteiger partial charge in [-0.2, -0.15) is 0 Å². The first kappa shape index (κ1) is 19.8. The molecule has 3 rings (SSSR count). The van der Waals surface area contributed by atoms with Crippen LogP contribution in [0.15, 0.2) is 0 Å². The topological polar surface area (TPSA) is 0 Å². The van der Waals surface area contributed by atoms with Crippen molar-refractivity contribution in [1.82, 2.24) is 0 Å². The van der Waals surface area contributed by atoms with Crippen molar-refractivity contribution in [3.8, 4) is 0 Å². The van der Waals surface area contributed by atoms with Gasteiger partial charge < -0.3 is 0 Å². The minimum Gasteiger partial charge on any atom is -0.0625 e. The van der Waals surface area contributed by atoms with Crippen LogP contribution in [0.4, 0.5) is 0 Å². The third-order valence-electron chi connectivity index (χ3n) is 8.83. The van der Waals surface area contributed by atoms with Gasteiger partial charge in [0.2, 0.25) is 0 Å². The molecule has 0 aromatic rings. The van der Waals surface area contributed by atoms with Crippen molar-refractivity contribution in [2.24, 2.45) is 65.1 Å². The van der Waals surface area contributed by atoms with Crippen molar-refractivity contribution in [3.63, 3.8) is 0 Å². The number of hydrogen-bond acceptors (Lipinski definition) is 0. The first-order chi connectivity index (χ1) is 11.8. The van der Waals surface area contributed by atoms with E-state index in [1.807, 2.05) is 0 Å². The van der Waals surface area contributed by atoms with E-state index in [-0.39, 0.29) is 0 Å². The molecule has 0 heteroatoms. The van der Waals surface area contributed by atoms with Crippen LogP contribution in [0.3, 0.4) is 0 Å². The summed E-state index contributed by atoms with van der Waals surface area (Å²) < 4.78 is 0. The number of rotatable bonds is 2. The predicted octanol–water partition coefficient (Wildman–Crippen LogP) is 7.68. The van der Waals surface area contributed by atoms with Crippen LogP contribution in [0.5, 0.6) is 0 Å². The minimum absolute atomic E-state index is 0.955. The Bertz CT molecular complexity index is 364. The largest absolute Gasteiger partial charge is 0.0625 e. The van der Waals surface area contributed by atoms with E-state index >= 15 is 0 Å². The monoisotopic (exact) mass is 346 g/mol. The molecule has 0 nitrogen and oxygen atoms in total. The maximum atomic E-state index is 2.58. The molecule has 146 valence electrons. The lowest BCUT2D eigenvalue weighted by Gasteiger charge is -2.50. The lowest BCUT2D eigenvalue weighted by atomic mass is 9.55. The van der Waals surface area contributed by atoms with Gasteiger partial charge in [-0.05, 0) is 110 Å². The maximum absolute atomic E-state index is 2.58. The molecule has 3 saturated carbocycles. The normalized spacial score (nSPS) is 55.1. The van der Waals surface area contributed by atoms with Crippen LogP contribution in [0.25, 0.3) is 0 Å². The van der Waals surface area contributed by atoms with Crippen LogP contribution in [0.1, 0.15) is 93.4 Å². The standard InChI is InChI=1S/C25H46/c1-15-8-18(4)24(19(5)9-15)22-12-17(3)13-23(14-22)25-20(6)10-16(2)11-21(25)7/h15-25H,8-14H2,1-7H3. The molecule has 0 aliphatic heterocycles. The molecule has 0 bridgehead atoms. The zero-order valence-electron chi connectivity index (χ0n) is 18.3. The summed E-state index contributed by atoms with van der Waals surface area (Å²) in [5.74, 6) is 10.7. The molecule has 3 aliphatic rings. The van der Waals surface area contributed by atoms with Crippen molar-refractivity contribution >= 4 is 0 Å². The van der Waals surface area contributed by atoms with E-state index in [2.05, 4.69) is 48.5 Å². The van der Waals surface area contributed by atoms with E-state index in [1.54, 1.807) is 6.42 Å². The maximum Gasteiger partial charge on any atom is -0.0334 e. The van der Waals surface area contributed by atoms with Crippen LogP contribution in [0.2, 0.25) is 0 Å². The Balaban J connectivity index is 1.73. The summed E-state index contributed by atoms with van der Waals surface area (Å²) in [4.78, 5) is 0. The van der Waals surface area contributed by atoms with Crippen molar-refractivity contribution in [3.05, 3.63) is 0 Å². The second-order valence-corrected chi connectivity index (χ2v) is 11.5. The molecule has 0 aromatic heterocycles. The molecule has 0 heterocycles. The first-order valence-corrected chi connectivity index (χ1v) is 11.8. The van der Waals surface area contributed by atoms with Crippen molar-refractivity contribution < 1.29 is 0 Å². The van der Waals surface area contributed by atoms with Gasteiger partial charge in [0.05, 0.1) is 0 Å². The Hall–Kier alpha value is 0. The molecule has 0 spiro atoms. The molecular weight excluding hydrogens is 300 g/mol. The summed E-state index contributed by atoms with van der Waals surface area (Å²) >= 11 is 0. The predicted molar refractivity (Wildman–Crippen MR) is 110 cm³/mol. The van der Waals surface area contributed by atoms with E-state index in [0.29, 0.717) is 0 Å². The fourth-order valence-electron chi connectivity index (χ4n) is 8.68. The average molecular weight is 347 g/mol. The lowest BCUT2D eigenvalue weighted by molar-refractivity contribution is -0.00763. The molecule has 6 atom stereocenters. The first-order valence-electron chi connectivity index (χ1n) is 11.8. The highest BCUT2D eigenvalue weighted by Crippen LogP contribution is 2.53. The van der Waals surface area contributed by atoms with Gasteiger partial charge in [-0.3, -0.25) is 0 Å². The molecule has 0 saturated heterocycles. The fourth-order valence-corrected chi connectivity index (χ4v) is 8.68. The smallest absolute Gasteiger partial charge is 0.0334 e. The van der Waals surface area contributed by atoms with Crippen molar-refractivity contribution in [2.75, 3.05) is 0 Å². The Morgan fingerprint density at radius 3 is 0.960 bits per heavy atom. The molecule has 25 heavy (non-hydrogen) atoms. The second kappa shape index (κ2) is 7.93. The highest BCUT2D eigenvalue weighted by Gasteiger charge is 2.44. The summed E-state index contributed by atoms with van der Waals surface area (Å²) in [6, 6.07) is 0. The highest BCUT2D eigenvalue weighted by atomic mass is 14.5. The minimum atomic E-state index is 0.955. The van der Waals surface area contributed by atoms with E-state index in [1.165, 1.54) is 38.5 Å². The van der Waals surface area contributed by atoms with Crippen LogP contribution in [-0.2, 0) is 0 Å². The Kier molecular flexibility index (Phi) is 6.27. The Labute approximate surface area is 158 Å². The van der Waals surface area contributed by atoms with E-state index < -0.39 is 0 Å². The Morgan fingerprint density at radius 1 is 0.360 bits per heavy atom. The van der Waals surface area contributed by atoms with Gasteiger partial charge in [0.1, 0.15) is 0 Å². The molecule has 0 N–H and O–H groups in total. The lowest BCUT2D eigenvalue weighted by Crippen LogP contribution is -2.42. The molecule has 0 aromatic carbocycles. The average Bonchev–Trinajstić information content (AvgIpc) is 2.44. The van der Waals surface area contributed by atoms with Gasteiger partial charge in [-0.15, -0.1) is 0 Å².